The molecule has 0 aliphatic rings. The number of aryl methyl sites for hydroxylation is 1. The Kier molecular flexibility index (Phi) is 4.95. The molecule has 4 rings (SSSR count). The number of hydrogen-bond donors (Lipinski definition) is 1. The highest BCUT2D eigenvalue weighted by Gasteiger charge is 2.17. The van der Waals surface area contributed by atoms with Crippen molar-refractivity contribution in [2.75, 3.05) is 0 Å². The highest BCUT2D eigenvalue weighted by atomic mass is 79.9. The minimum atomic E-state index is -0.130. The van der Waals surface area contributed by atoms with Crippen molar-refractivity contribution in [1.29, 1.82) is 0 Å². The van der Waals surface area contributed by atoms with Gasteiger partial charge in [-0.25, -0.2) is 4.68 Å². The molecule has 5 nitrogen and oxygen atoms in total. The third kappa shape index (κ3) is 3.31. The molecule has 0 aliphatic heterocycles. The van der Waals surface area contributed by atoms with Crippen LogP contribution in [0.15, 0.2) is 63.9 Å². The van der Waals surface area contributed by atoms with E-state index in [0.29, 0.717) is 4.88 Å². The zero-order valence-electron chi connectivity index (χ0n) is 15.4. The van der Waals surface area contributed by atoms with Gasteiger partial charge in [0.25, 0.3) is 11.5 Å². The Morgan fingerprint density at radius 1 is 1.14 bits per heavy atom. The number of carbonyl (C=O) groups is 1. The predicted molar refractivity (Wildman–Crippen MR) is 116 cm³/mol. The van der Waals surface area contributed by atoms with E-state index in [2.05, 4.69) is 21.2 Å². The molecule has 2 aromatic heterocycles. The lowest BCUT2D eigenvalue weighted by atomic mass is 10.1. The second-order valence-corrected chi connectivity index (χ2v) is 8.49. The van der Waals surface area contributed by atoms with Gasteiger partial charge in [-0.3, -0.25) is 14.3 Å². The zero-order chi connectivity index (χ0) is 19.8. The number of nitrogens with one attached hydrogen (secondary N) is 1. The van der Waals surface area contributed by atoms with Crippen LogP contribution >= 0.6 is 27.3 Å². The van der Waals surface area contributed by atoms with Crippen molar-refractivity contribution >= 4 is 43.3 Å². The summed E-state index contributed by atoms with van der Waals surface area (Å²) >= 11 is 4.96. The molecule has 0 bridgehead atoms. The largest absolute Gasteiger partial charge is 0.346 e. The molecule has 1 N–H and O–H groups in total. The van der Waals surface area contributed by atoms with Gasteiger partial charge < -0.3 is 5.32 Å². The van der Waals surface area contributed by atoms with Crippen LogP contribution < -0.4 is 10.9 Å². The second kappa shape index (κ2) is 7.41. The molecule has 0 spiro atoms. The number of amides is 1. The monoisotopic (exact) mass is 455 g/mol. The molecule has 7 heteroatoms. The van der Waals surface area contributed by atoms with Crippen LogP contribution in [-0.4, -0.2) is 15.3 Å². The summed E-state index contributed by atoms with van der Waals surface area (Å²) in [6.45, 7) is 2.24. The van der Waals surface area contributed by atoms with Crippen molar-refractivity contribution in [3.8, 4) is 5.69 Å². The average Bonchev–Trinajstić information content (AvgIpc) is 3.16. The first-order chi connectivity index (χ1) is 13.5. The van der Waals surface area contributed by atoms with E-state index in [0.717, 1.165) is 31.5 Å². The van der Waals surface area contributed by atoms with Gasteiger partial charge in [-0.15, -0.1) is 11.3 Å². The van der Waals surface area contributed by atoms with Gasteiger partial charge in [0.05, 0.1) is 22.8 Å². The van der Waals surface area contributed by atoms with Crippen LogP contribution in [0.4, 0.5) is 0 Å². The van der Waals surface area contributed by atoms with E-state index in [1.54, 1.807) is 15.4 Å². The Morgan fingerprint density at radius 2 is 1.89 bits per heavy atom. The summed E-state index contributed by atoms with van der Waals surface area (Å²) in [5, 5.41) is 4.03. The number of nitrogens with zero attached hydrogens (tertiary/aromatic N) is 2. The third-order valence-corrected chi connectivity index (χ3v) is 6.51. The minimum absolute atomic E-state index is 0.124. The molecule has 0 saturated heterocycles. The molecule has 2 heterocycles. The Balaban J connectivity index is 1.58. The van der Waals surface area contributed by atoms with Crippen molar-refractivity contribution in [3.05, 3.63) is 85.6 Å². The van der Waals surface area contributed by atoms with Crippen LogP contribution in [-0.2, 0) is 13.6 Å². The van der Waals surface area contributed by atoms with Gasteiger partial charge in [-0.2, -0.15) is 0 Å². The number of benzene rings is 2. The van der Waals surface area contributed by atoms with Gasteiger partial charge in [-0.1, -0.05) is 34.1 Å². The fourth-order valence-electron chi connectivity index (χ4n) is 3.27. The van der Waals surface area contributed by atoms with E-state index >= 15 is 0 Å². The third-order valence-electron chi connectivity index (χ3n) is 4.75. The molecule has 0 atom stereocenters. The average molecular weight is 456 g/mol. The maximum atomic E-state index is 12.8. The van der Waals surface area contributed by atoms with Crippen LogP contribution in [0.25, 0.3) is 15.8 Å². The molecule has 142 valence electrons. The minimum Gasteiger partial charge on any atom is -0.346 e. The van der Waals surface area contributed by atoms with E-state index < -0.39 is 0 Å². The Labute approximate surface area is 174 Å². The maximum Gasteiger partial charge on any atom is 0.271 e. The lowest BCUT2D eigenvalue weighted by molar-refractivity contribution is 0.0953. The number of thiophene rings is 1. The lowest BCUT2D eigenvalue weighted by Gasteiger charge is -2.10. The van der Waals surface area contributed by atoms with E-state index in [4.69, 9.17) is 0 Å². The molecule has 0 radical (unpaired) electrons. The van der Waals surface area contributed by atoms with Crippen molar-refractivity contribution in [3.63, 3.8) is 0 Å². The van der Waals surface area contributed by atoms with Crippen molar-refractivity contribution in [2.45, 2.75) is 13.5 Å². The van der Waals surface area contributed by atoms with E-state index in [9.17, 15) is 9.59 Å². The highest BCUT2D eigenvalue weighted by molar-refractivity contribution is 9.10. The summed E-state index contributed by atoms with van der Waals surface area (Å²) in [5.41, 5.74) is 2.37. The number of para-hydroxylation sites is 1. The first-order valence-corrected chi connectivity index (χ1v) is 10.4. The van der Waals surface area contributed by atoms with Crippen LogP contribution in [0.5, 0.6) is 0 Å². The zero-order valence-corrected chi connectivity index (χ0v) is 17.8. The van der Waals surface area contributed by atoms with Gasteiger partial charge in [0, 0.05) is 22.3 Å². The van der Waals surface area contributed by atoms with Gasteiger partial charge in [0.1, 0.15) is 0 Å². The first kappa shape index (κ1) is 18.7. The summed E-state index contributed by atoms with van der Waals surface area (Å²) in [7, 11) is 1.82. The number of carbonyl (C=O) groups excluding carboxylic acids is 1. The van der Waals surface area contributed by atoms with Crippen LogP contribution in [0.1, 0.15) is 20.9 Å². The SMILES string of the molecule is Cc1c(C(=O)NCc2cc(=O)n(-c3ccccc3)n2C)sc2ccc(Br)cc12. The molecule has 4 aromatic rings. The molecule has 0 saturated carbocycles. The van der Waals surface area contributed by atoms with Gasteiger partial charge >= 0.3 is 0 Å². The quantitative estimate of drug-likeness (QED) is 0.495. The Hall–Kier alpha value is -2.64. The molecular weight excluding hydrogens is 438 g/mol. The lowest BCUT2D eigenvalue weighted by Crippen LogP contribution is -2.25. The highest BCUT2D eigenvalue weighted by Crippen LogP contribution is 2.32. The number of fused-ring (bicyclic) bond motifs is 1. The molecule has 0 fully saturated rings. The molecule has 28 heavy (non-hydrogen) atoms. The summed E-state index contributed by atoms with van der Waals surface area (Å²) in [5.74, 6) is -0.130. The predicted octanol–water partition coefficient (Wildman–Crippen LogP) is 4.39. The number of aromatic nitrogens is 2. The summed E-state index contributed by atoms with van der Waals surface area (Å²) in [4.78, 5) is 25.9. The van der Waals surface area contributed by atoms with Crippen molar-refractivity contribution < 1.29 is 4.79 Å². The summed E-state index contributed by atoms with van der Waals surface area (Å²) in [6, 6.07) is 17.0. The van der Waals surface area contributed by atoms with E-state index in [-0.39, 0.29) is 18.0 Å². The molecular formula is C21H18BrN3O2S. The van der Waals surface area contributed by atoms with Crippen LogP contribution in [0.3, 0.4) is 0 Å². The molecule has 1 amide bonds. The summed E-state index contributed by atoms with van der Waals surface area (Å²) < 4.78 is 5.43. The standard InChI is InChI=1S/C21H18BrN3O2S/c1-13-17-10-14(22)8-9-18(17)28-20(13)21(27)23-12-16-11-19(26)25(24(16)2)15-6-4-3-5-7-15/h3-11H,12H2,1-2H3,(H,23,27). The fourth-order valence-corrected chi connectivity index (χ4v) is 4.74. The normalized spacial score (nSPS) is 11.1. The Morgan fingerprint density at radius 3 is 2.64 bits per heavy atom. The van der Waals surface area contributed by atoms with E-state index in [1.807, 2.05) is 62.5 Å². The number of hydrogen-bond acceptors (Lipinski definition) is 3. The topological polar surface area (TPSA) is 56.0 Å². The maximum absolute atomic E-state index is 12.8. The summed E-state index contributed by atoms with van der Waals surface area (Å²) in [6.07, 6.45) is 0. The first-order valence-electron chi connectivity index (χ1n) is 8.76. The van der Waals surface area contributed by atoms with Crippen molar-refractivity contribution in [2.24, 2.45) is 7.05 Å². The van der Waals surface area contributed by atoms with E-state index in [1.165, 1.54) is 11.3 Å². The van der Waals surface area contributed by atoms with Crippen LogP contribution in [0.2, 0.25) is 0 Å². The van der Waals surface area contributed by atoms with Gasteiger partial charge in [-0.05, 0) is 48.2 Å². The van der Waals surface area contributed by atoms with Crippen LogP contribution in [0, 0.1) is 6.92 Å². The van der Waals surface area contributed by atoms with Gasteiger partial charge in [0.15, 0.2) is 0 Å². The van der Waals surface area contributed by atoms with Crippen molar-refractivity contribution in [1.82, 2.24) is 14.7 Å². The fraction of sp³-hybridized carbons (Fsp3) is 0.143. The second-order valence-electron chi connectivity index (χ2n) is 6.52. The smallest absolute Gasteiger partial charge is 0.271 e. The number of halogens is 1. The molecule has 0 aliphatic carbocycles. The molecule has 0 unspecified atom stereocenters. The Bertz CT molecular complexity index is 1240. The molecule has 2 aromatic carbocycles. The number of rotatable bonds is 4. The van der Waals surface area contributed by atoms with Gasteiger partial charge in [0.2, 0.25) is 0 Å².